The molecule has 0 nitrogen and oxygen atoms in total. The van der Waals surface area contributed by atoms with Crippen LogP contribution in [0.1, 0.15) is 6.92 Å². The lowest BCUT2D eigenvalue weighted by Gasteiger charge is -1.78. The summed E-state index contributed by atoms with van der Waals surface area (Å²) < 4.78 is 1.17. The minimum Gasteiger partial charge on any atom is -0.0980 e. The van der Waals surface area contributed by atoms with Crippen molar-refractivity contribution >= 4 is 22.6 Å². The first-order valence-corrected chi connectivity index (χ1v) is 3.50. The molecule has 0 rings (SSSR count). The van der Waals surface area contributed by atoms with Crippen LogP contribution < -0.4 is 0 Å². The average Bonchev–Trinajstić information content (AvgIpc) is 1.83. The molecule has 0 aliphatic carbocycles. The largest absolute Gasteiger partial charge is 0.0980 e. The summed E-state index contributed by atoms with van der Waals surface area (Å²) in [5.41, 5.74) is 0. The second kappa shape index (κ2) is 5.09. The second-order valence-corrected chi connectivity index (χ2v) is 2.53. The average molecular weight is 220 g/mol. The minimum absolute atomic E-state index is 1.17. The van der Waals surface area contributed by atoms with E-state index in [0.717, 1.165) is 0 Å². The third-order valence-electron chi connectivity index (χ3n) is 0.643. The van der Waals surface area contributed by atoms with Crippen LogP contribution in [0, 0.1) is 0 Å². The van der Waals surface area contributed by atoms with Crippen molar-refractivity contribution in [3.05, 3.63) is 34.5 Å². The highest BCUT2D eigenvalue weighted by Crippen LogP contribution is 2.05. The van der Waals surface area contributed by atoms with Gasteiger partial charge in [-0.3, -0.25) is 0 Å². The van der Waals surface area contributed by atoms with Crippen LogP contribution in [0.3, 0.4) is 0 Å². The Hall–Kier alpha value is -0.0500. The van der Waals surface area contributed by atoms with Crippen LogP contribution in [0.25, 0.3) is 0 Å². The summed E-state index contributed by atoms with van der Waals surface area (Å²) in [6, 6.07) is 0. The number of hydrogen-bond donors (Lipinski definition) is 0. The van der Waals surface area contributed by atoms with E-state index < -0.39 is 0 Å². The minimum atomic E-state index is 1.17. The molecule has 0 aliphatic rings. The molecule has 1 heteroatoms. The van der Waals surface area contributed by atoms with Crippen LogP contribution in [0.15, 0.2) is 34.5 Å². The molecule has 44 valence electrons. The molecular weight excluding hydrogens is 211 g/mol. The zero-order valence-electron chi connectivity index (χ0n) is 4.89. The lowest BCUT2D eigenvalue weighted by atomic mass is 10.4. The number of halogens is 1. The fourth-order valence-corrected chi connectivity index (χ4v) is 0.464. The predicted octanol–water partition coefficient (Wildman–Crippen LogP) is 3.07. The number of rotatable bonds is 2. The van der Waals surface area contributed by atoms with Crippen LogP contribution in [-0.4, -0.2) is 0 Å². The second-order valence-electron chi connectivity index (χ2n) is 1.28. The molecule has 0 aliphatic heterocycles. The lowest BCUT2D eigenvalue weighted by Crippen LogP contribution is -1.54. The molecule has 0 fully saturated rings. The summed E-state index contributed by atoms with van der Waals surface area (Å²) in [6.45, 7) is 5.59. The molecule has 0 aromatic rings. The quantitative estimate of drug-likeness (QED) is 0.495. The van der Waals surface area contributed by atoms with Crippen LogP contribution in [0.5, 0.6) is 0 Å². The van der Waals surface area contributed by atoms with E-state index in [-0.39, 0.29) is 0 Å². The predicted molar refractivity (Wildman–Crippen MR) is 47.1 cm³/mol. The smallest absolute Gasteiger partial charge is 0.0124 e. The monoisotopic (exact) mass is 220 g/mol. The van der Waals surface area contributed by atoms with Gasteiger partial charge < -0.3 is 0 Å². The molecule has 0 atom stereocenters. The van der Waals surface area contributed by atoms with E-state index in [1.807, 2.05) is 31.2 Å². The normalized spacial score (nSPS) is 12.5. The maximum absolute atomic E-state index is 3.60. The zero-order chi connectivity index (χ0) is 6.41. The van der Waals surface area contributed by atoms with Gasteiger partial charge >= 0.3 is 0 Å². The van der Waals surface area contributed by atoms with E-state index in [1.165, 1.54) is 3.58 Å². The Morgan fingerprint density at radius 1 is 1.62 bits per heavy atom. The summed E-state index contributed by atoms with van der Waals surface area (Å²) in [6.07, 6.45) is 7.81. The SMILES string of the molecule is C=C/C(I)=C\C=C/C. The Morgan fingerprint density at radius 2 is 2.25 bits per heavy atom. The maximum Gasteiger partial charge on any atom is 0.0124 e. The van der Waals surface area contributed by atoms with Gasteiger partial charge in [0.25, 0.3) is 0 Å². The van der Waals surface area contributed by atoms with Crippen molar-refractivity contribution in [3.63, 3.8) is 0 Å². The van der Waals surface area contributed by atoms with Crippen molar-refractivity contribution in [2.45, 2.75) is 6.92 Å². The molecule has 0 heterocycles. The van der Waals surface area contributed by atoms with Crippen molar-refractivity contribution in [2.24, 2.45) is 0 Å². The van der Waals surface area contributed by atoms with Crippen molar-refractivity contribution < 1.29 is 0 Å². The van der Waals surface area contributed by atoms with E-state index in [1.54, 1.807) is 0 Å². The third kappa shape index (κ3) is 4.12. The fraction of sp³-hybridized carbons (Fsp3) is 0.143. The Labute approximate surface area is 64.1 Å². The standard InChI is InChI=1S/C7H9I/c1-3-5-6-7(8)4-2/h3-6H,2H2,1H3/b5-3-,7-6+. The molecule has 0 unspecified atom stereocenters. The Morgan fingerprint density at radius 3 is 2.62 bits per heavy atom. The van der Waals surface area contributed by atoms with Gasteiger partial charge in [0, 0.05) is 3.58 Å². The molecule has 0 aromatic carbocycles. The first kappa shape index (κ1) is 7.95. The van der Waals surface area contributed by atoms with Gasteiger partial charge in [0.05, 0.1) is 0 Å². The van der Waals surface area contributed by atoms with Crippen LogP contribution >= 0.6 is 22.6 Å². The van der Waals surface area contributed by atoms with Crippen LogP contribution in [-0.2, 0) is 0 Å². The van der Waals surface area contributed by atoms with Gasteiger partial charge in [0.2, 0.25) is 0 Å². The highest BCUT2D eigenvalue weighted by molar-refractivity contribution is 14.1. The summed E-state index contributed by atoms with van der Waals surface area (Å²) in [5, 5.41) is 0. The number of allylic oxidation sites excluding steroid dienone is 5. The summed E-state index contributed by atoms with van der Waals surface area (Å²) in [4.78, 5) is 0. The molecule has 0 radical (unpaired) electrons. The maximum atomic E-state index is 3.60. The van der Waals surface area contributed by atoms with Gasteiger partial charge in [-0.15, -0.1) is 0 Å². The van der Waals surface area contributed by atoms with Crippen molar-refractivity contribution in [1.29, 1.82) is 0 Å². The third-order valence-corrected chi connectivity index (χ3v) is 1.44. The summed E-state index contributed by atoms with van der Waals surface area (Å²) in [5.74, 6) is 0. The zero-order valence-corrected chi connectivity index (χ0v) is 7.05. The first-order chi connectivity index (χ1) is 3.81. The summed E-state index contributed by atoms with van der Waals surface area (Å²) >= 11 is 2.22. The van der Waals surface area contributed by atoms with Crippen LogP contribution in [0.2, 0.25) is 0 Å². The fourth-order valence-electron chi connectivity index (χ4n) is 0.256. The molecule has 8 heavy (non-hydrogen) atoms. The molecule has 0 aromatic heterocycles. The van der Waals surface area contributed by atoms with Gasteiger partial charge in [-0.1, -0.05) is 24.8 Å². The van der Waals surface area contributed by atoms with Crippen molar-refractivity contribution in [2.75, 3.05) is 0 Å². The molecule has 0 saturated heterocycles. The molecular formula is C7H9I. The van der Waals surface area contributed by atoms with Gasteiger partial charge in [-0.2, -0.15) is 0 Å². The summed E-state index contributed by atoms with van der Waals surface area (Å²) in [7, 11) is 0. The van der Waals surface area contributed by atoms with E-state index >= 15 is 0 Å². The molecule has 0 bridgehead atoms. The highest BCUT2D eigenvalue weighted by atomic mass is 127. The van der Waals surface area contributed by atoms with Crippen molar-refractivity contribution in [3.8, 4) is 0 Å². The molecule has 0 N–H and O–H groups in total. The first-order valence-electron chi connectivity index (χ1n) is 2.42. The van der Waals surface area contributed by atoms with Gasteiger partial charge in [0.1, 0.15) is 0 Å². The highest BCUT2D eigenvalue weighted by Gasteiger charge is 1.72. The van der Waals surface area contributed by atoms with Gasteiger partial charge in [-0.05, 0) is 35.6 Å². The molecule has 0 saturated carbocycles. The Kier molecular flexibility index (Phi) is 5.06. The molecule has 0 amide bonds. The van der Waals surface area contributed by atoms with Crippen molar-refractivity contribution in [1.82, 2.24) is 0 Å². The Bertz CT molecular complexity index is 120. The van der Waals surface area contributed by atoms with Crippen LogP contribution in [0.4, 0.5) is 0 Å². The Balaban J connectivity index is 3.74. The number of hydrogen-bond acceptors (Lipinski definition) is 0. The molecule has 0 spiro atoms. The van der Waals surface area contributed by atoms with Gasteiger partial charge in [-0.25, -0.2) is 0 Å². The van der Waals surface area contributed by atoms with E-state index in [0.29, 0.717) is 0 Å². The lowest BCUT2D eigenvalue weighted by molar-refractivity contribution is 1.73. The van der Waals surface area contributed by atoms with E-state index in [9.17, 15) is 0 Å². The van der Waals surface area contributed by atoms with E-state index in [4.69, 9.17) is 0 Å². The van der Waals surface area contributed by atoms with Gasteiger partial charge in [0.15, 0.2) is 0 Å². The van der Waals surface area contributed by atoms with E-state index in [2.05, 4.69) is 29.2 Å². The topological polar surface area (TPSA) is 0 Å².